The second kappa shape index (κ2) is 9.60. The first kappa shape index (κ1) is 25.5. The largest absolute Gasteiger partial charge is 0.349 e. The molecule has 0 bridgehead atoms. The van der Waals surface area contributed by atoms with Gasteiger partial charge in [-0.15, -0.1) is 23.2 Å². The standard InChI is InChI=1S/C20H13Cl3F6N2O2/c21-10-2-1-9(3-8(10)6-30-19(33)16(27)17(28)29)31-18(32)14-13(20(14,22)23)7-4-11(24)15(26)12(25)5-7/h1-5,13-14,16-17H,6H2,(H,30,33)(H,31,32). The van der Waals surface area contributed by atoms with Gasteiger partial charge in [0.1, 0.15) is 4.33 Å². The van der Waals surface area contributed by atoms with E-state index in [-0.39, 0.29) is 21.8 Å². The zero-order chi connectivity index (χ0) is 24.7. The van der Waals surface area contributed by atoms with Gasteiger partial charge in [-0.1, -0.05) is 11.6 Å². The highest BCUT2D eigenvalue weighted by molar-refractivity contribution is 6.53. The van der Waals surface area contributed by atoms with Crippen molar-refractivity contribution in [3.05, 3.63) is 63.9 Å². The van der Waals surface area contributed by atoms with Gasteiger partial charge in [0.15, 0.2) is 17.5 Å². The van der Waals surface area contributed by atoms with Crippen LogP contribution in [0.5, 0.6) is 0 Å². The molecule has 178 valence electrons. The Morgan fingerprint density at radius 2 is 1.64 bits per heavy atom. The second-order valence-corrected chi connectivity index (χ2v) is 9.03. The molecule has 0 heterocycles. The molecule has 3 rings (SSSR count). The molecule has 0 saturated heterocycles. The summed E-state index contributed by atoms with van der Waals surface area (Å²) in [6, 6.07) is 5.35. The van der Waals surface area contributed by atoms with E-state index >= 15 is 0 Å². The van der Waals surface area contributed by atoms with Gasteiger partial charge in [-0.3, -0.25) is 9.59 Å². The minimum absolute atomic E-state index is 0.0892. The number of alkyl halides is 5. The fourth-order valence-electron chi connectivity index (χ4n) is 3.22. The first-order valence-electron chi connectivity index (χ1n) is 9.16. The first-order chi connectivity index (χ1) is 15.3. The molecule has 2 aromatic rings. The van der Waals surface area contributed by atoms with Gasteiger partial charge >= 0.3 is 0 Å². The molecule has 3 unspecified atom stereocenters. The fourth-order valence-corrected chi connectivity index (χ4v) is 4.24. The molecule has 2 aromatic carbocycles. The van der Waals surface area contributed by atoms with Crippen molar-refractivity contribution in [3.63, 3.8) is 0 Å². The van der Waals surface area contributed by atoms with Crippen molar-refractivity contribution in [2.75, 3.05) is 5.32 Å². The number of nitrogens with one attached hydrogen (secondary N) is 2. The SMILES string of the molecule is O=C(NCc1cc(NC(=O)C2C(c3cc(F)c(F)c(F)c3)C2(Cl)Cl)ccc1Cl)C(F)C(F)F. The molecule has 1 fully saturated rings. The lowest BCUT2D eigenvalue weighted by molar-refractivity contribution is -0.131. The van der Waals surface area contributed by atoms with E-state index in [9.17, 15) is 35.9 Å². The van der Waals surface area contributed by atoms with Gasteiger partial charge in [0.25, 0.3) is 12.3 Å². The van der Waals surface area contributed by atoms with Crippen molar-refractivity contribution in [2.45, 2.75) is 29.4 Å². The van der Waals surface area contributed by atoms with Crippen LogP contribution in [0, 0.1) is 23.4 Å². The molecule has 2 N–H and O–H groups in total. The van der Waals surface area contributed by atoms with Crippen LogP contribution in [-0.2, 0) is 16.1 Å². The van der Waals surface area contributed by atoms with Gasteiger partial charge in [0.2, 0.25) is 12.1 Å². The van der Waals surface area contributed by atoms with E-state index in [1.54, 1.807) is 0 Å². The van der Waals surface area contributed by atoms with Crippen molar-refractivity contribution in [1.29, 1.82) is 0 Å². The average Bonchev–Trinajstić information content (AvgIpc) is 3.33. The number of hydrogen-bond acceptors (Lipinski definition) is 2. The highest BCUT2D eigenvalue weighted by Gasteiger charge is 2.67. The predicted octanol–water partition coefficient (Wildman–Crippen LogP) is 5.50. The quantitative estimate of drug-likeness (QED) is 0.280. The summed E-state index contributed by atoms with van der Waals surface area (Å²) in [5.41, 5.74) is 0.184. The topological polar surface area (TPSA) is 58.2 Å². The van der Waals surface area contributed by atoms with Crippen LogP contribution < -0.4 is 10.6 Å². The number of benzene rings is 2. The van der Waals surface area contributed by atoms with Crippen molar-refractivity contribution in [2.24, 2.45) is 5.92 Å². The van der Waals surface area contributed by atoms with Gasteiger partial charge in [0.05, 0.1) is 5.92 Å². The molecular formula is C20H13Cl3F6N2O2. The Morgan fingerprint density at radius 3 is 2.21 bits per heavy atom. The normalized spacial score (nSPS) is 19.8. The van der Waals surface area contributed by atoms with E-state index in [0.29, 0.717) is 12.1 Å². The van der Waals surface area contributed by atoms with Crippen LogP contribution in [0.2, 0.25) is 5.02 Å². The summed E-state index contributed by atoms with van der Waals surface area (Å²) in [4.78, 5) is 24.0. The molecule has 13 heteroatoms. The van der Waals surface area contributed by atoms with Crippen LogP contribution in [0.15, 0.2) is 30.3 Å². The summed E-state index contributed by atoms with van der Waals surface area (Å²) in [6.45, 7) is -0.413. The summed E-state index contributed by atoms with van der Waals surface area (Å²) < 4.78 is 76.2. The summed E-state index contributed by atoms with van der Waals surface area (Å²) in [5.74, 6) is -9.07. The third kappa shape index (κ3) is 5.33. The van der Waals surface area contributed by atoms with Gasteiger partial charge < -0.3 is 10.6 Å². The zero-order valence-corrected chi connectivity index (χ0v) is 18.4. The van der Waals surface area contributed by atoms with Crippen molar-refractivity contribution in [1.82, 2.24) is 5.32 Å². The van der Waals surface area contributed by atoms with E-state index in [2.05, 4.69) is 5.32 Å². The zero-order valence-electron chi connectivity index (χ0n) is 16.1. The Balaban J connectivity index is 1.72. The predicted molar refractivity (Wildman–Crippen MR) is 110 cm³/mol. The van der Waals surface area contributed by atoms with Crippen LogP contribution in [0.4, 0.5) is 32.0 Å². The summed E-state index contributed by atoms with van der Waals surface area (Å²) in [6.07, 6.45) is -6.51. The number of halogens is 9. The number of hydrogen-bond donors (Lipinski definition) is 2. The fraction of sp³-hybridized carbons (Fsp3) is 0.300. The van der Waals surface area contributed by atoms with Gasteiger partial charge in [-0.25, -0.2) is 26.3 Å². The lowest BCUT2D eigenvalue weighted by Gasteiger charge is -2.12. The molecule has 33 heavy (non-hydrogen) atoms. The molecule has 0 aromatic heterocycles. The van der Waals surface area contributed by atoms with Gasteiger partial charge in [0, 0.05) is 23.2 Å². The molecule has 0 aliphatic heterocycles. The van der Waals surface area contributed by atoms with Crippen LogP contribution in [0.25, 0.3) is 0 Å². The van der Waals surface area contributed by atoms with Crippen LogP contribution in [0.1, 0.15) is 17.0 Å². The molecule has 0 spiro atoms. The summed E-state index contributed by atoms with van der Waals surface area (Å²) in [5, 5.41) is 4.51. The first-order valence-corrected chi connectivity index (χ1v) is 10.3. The van der Waals surface area contributed by atoms with Crippen molar-refractivity contribution in [3.8, 4) is 0 Å². The van der Waals surface area contributed by atoms with E-state index < -0.39 is 64.6 Å². The molecule has 2 amide bonds. The molecule has 1 saturated carbocycles. The highest BCUT2D eigenvalue weighted by atomic mass is 35.5. The minimum atomic E-state index is -3.49. The number of carbonyl (C=O) groups is 2. The van der Waals surface area contributed by atoms with E-state index in [0.717, 1.165) is 0 Å². The van der Waals surface area contributed by atoms with Crippen molar-refractivity contribution >= 4 is 52.3 Å². The molecule has 1 aliphatic rings. The maximum Gasteiger partial charge on any atom is 0.278 e. The van der Waals surface area contributed by atoms with Gasteiger partial charge in [-0.2, -0.15) is 0 Å². The van der Waals surface area contributed by atoms with Crippen LogP contribution >= 0.6 is 34.8 Å². The van der Waals surface area contributed by atoms with Crippen molar-refractivity contribution < 1.29 is 35.9 Å². The average molecular weight is 534 g/mol. The Labute approximate surface area is 198 Å². The third-order valence-electron chi connectivity index (χ3n) is 4.94. The molecule has 0 radical (unpaired) electrons. The Kier molecular flexibility index (Phi) is 7.40. The molecule has 4 nitrogen and oxygen atoms in total. The van der Waals surface area contributed by atoms with E-state index in [1.807, 2.05) is 5.32 Å². The third-order valence-corrected chi connectivity index (χ3v) is 6.25. The Morgan fingerprint density at radius 1 is 1.03 bits per heavy atom. The number of amides is 2. The number of rotatable bonds is 7. The Hall–Kier alpha value is -2.17. The summed E-state index contributed by atoms with van der Waals surface area (Å²) >= 11 is 18.2. The smallest absolute Gasteiger partial charge is 0.278 e. The molecular weight excluding hydrogens is 521 g/mol. The Bertz CT molecular complexity index is 1080. The van der Waals surface area contributed by atoms with E-state index in [4.69, 9.17) is 34.8 Å². The van der Waals surface area contributed by atoms with E-state index in [1.165, 1.54) is 18.2 Å². The number of anilines is 1. The molecule has 3 atom stereocenters. The van der Waals surface area contributed by atoms with Crippen LogP contribution in [-0.4, -0.2) is 28.7 Å². The maximum absolute atomic E-state index is 13.6. The van der Waals surface area contributed by atoms with Gasteiger partial charge in [-0.05, 0) is 41.5 Å². The molecule has 1 aliphatic carbocycles. The highest BCUT2D eigenvalue weighted by Crippen LogP contribution is 2.65. The number of carbonyl (C=O) groups excluding carboxylic acids is 2. The maximum atomic E-state index is 13.6. The lowest BCUT2D eigenvalue weighted by Crippen LogP contribution is -2.35. The minimum Gasteiger partial charge on any atom is -0.349 e. The van der Waals surface area contributed by atoms with Crippen LogP contribution in [0.3, 0.4) is 0 Å². The monoisotopic (exact) mass is 532 g/mol. The summed E-state index contributed by atoms with van der Waals surface area (Å²) in [7, 11) is 0. The second-order valence-electron chi connectivity index (χ2n) is 7.18. The lowest BCUT2D eigenvalue weighted by atomic mass is 10.1.